The molecular formula is C27H23FIN5O2. The fraction of sp³-hybridized carbons (Fsp3) is 0.148. The van der Waals surface area contributed by atoms with E-state index in [0.717, 1.165) is 26.1 Å². The lowest BCUT2D eigenvalue weighted by Gasteiger charge is -2.16. The second-order valence-electron chi connectivity index (χ2n) is 8.56. The number of benzene rings is 2. The number of pyridine rings is 1. The number of hydrogen-bond acceptors (Lipinski definition) is 5. The van der Waals surface area contributed by atoms with E-state index in [1.54, 1.807) is 24.5 Å². The molecule has 3 heterocycles. The minimum Gasteiger partial charge on any atom is -0.481 e. The molecule has 0 bridgehead atoms. The first kappa shape index (κ1) is 24.0. The lowest BCUT2D eigenvalue weighted by Crippen LogP contribution is -2.22. The molecule has 0 unspecified atom stereocenters. The Morgan fingerprint density at radius 2 is 1.83 bits per heavy atom. The van der Waals surface area contributed by atoms with Crippen LogP contribution >= 0.6 is 22.6 Å². The van der Waals surface area contributed by atoms with Gasteiger partial charge in [-0.3, -0.25) is 9.20 Å². The summed E-state index contributed by atoms with van der Waals surface area (Å²) in [4.78, 5) is 28.2. The molecule has 0 aliphatic carbocycles. The van der Waals surface area contributed by atoms with Crippen molar-refractivity contribution in [2.45, 2.75) is 13.0 Å². The highest BCUT2D eigenvalue weighted by molar-refractivity contribution is 14.1. The Labute approximate surface area is 220 Å². The van der Waals surface area contributed by atoms with Crippen LogP contribution in [0.15, 0.2) is 77.9 Å². The fourth-order valence-electron chi connectivity index (χ4n) is 3.83. The zero-order valence-corrected chi connectivity index (χ0v) is 21.9. The van der Waals surface area contributed by atoms with Crippen molar-refractivity contribution >= 4 is 33.9 Å². The van der Waals surface area contributed by atoms with Gasteiger partial charge in [0.25, 0.3) is 0 Å². The summed E-state index contributed by atoms with van der Waals surface area (Å²) in [5, 5.41) is 0. The van der Waals surface area contributed by atoms with Crippen molar-refractivity contribution in [1.29, 1.82) is 0 Å². The lowest BCUT2D eigenvalue weighted by atomic mass is 10.1. The SMILES string of the molecule is CN(C)c1cc(I)c2nc(-c3ncc(Cc4ccc(F)cc4)[nH]3)c(OCc3ccccc3)c(=O)n2c1. The monoisotopic (exact) mass is 595 g/mol. The van der Waals surface area contributed by atoms with E-state index < -0.39 is 0 Å². The van der Waals surface area contributed by atoms with Gasteiger partial charge >= 0.3 is 5.56 Å². The molecule has 0 saturated carbocycles. The minimum atomic E-state index is -0.316. The molecule has 1 N–H and O–H groups in total. The van der Waals surface area contributed by atoms with Crippen molar-refractivity contribution < 1.29 is 9.13 Å². The molecule has 5 rings (SSSR count). The van der Waals surface area contributed by atoms with Crippen molar-refractivity contribution in [3.05, 3.63) is 110 Å². The van der Waals surface area contributed by atoms with Gasteiger partial charge in [0.2, 0.25) is 5.75 Å². The first-order chi connectivity index (χ1) is 17.4. The molecule has 7 nitrogen and oxygen atoms in total. The minimum absolute atomic E-state index is 0.116. The van der Waals surface area contributed by atoms with Gasteiger partial charge in [0.1, 0.15) is 12.4 Å². The highest BCUT2D eigenvalue weighted by Crippen LogP contribution is 2.27. The number of fused-ring (bicyclic) bond motifs is 1. The average Bonchev–Trinajstić information content (AvgIpc) is 3.34. The Morgan fingerprint density at radius 3 is 2.56 bits per heavy atom. The quantitative estimate of drug-likeness (QED) is 0.266. The Kier molecular flexibility index (Phi) is 6.73. The highest BCUT2D eigenvalue weighted by atomic mass is 127. The zero-order chi connectivity index (χ0) is 25.2. The van der Waals surface area contributed by atoms with Gasteiger partial charge < -0.3 is 14.6 Å². The summed E-state index contributed by atoms with van der Waals surface area (Å²) in [6.07, 6.45) is 3.99. The summed E-state index contributed by atoms with van der Waals surface area (Å²) < 4.78 is 21.7. The summed E-state index contributed by atoms with van der Waals surface area (Å²) in [5.41, 5.74) is 4.10. The van der Waals surface area contributed by atoms with Gasteiger partial charge in [-0.05, 0) is 51.9 Å². The molecule has 0 aliphatic heterocycles. The number of aromatic amines is 1. The van der Waals surface area contributed by atoms with Crippen molar-refractivity contribution in [2.24, 2.45) is 0 Å². The number of aromatic nitrogens is 4. The van der Waals surface area contributed by atoms with Gasteiger partial charge in [-0.25, -0.2) is 14.4 Å². The molecular weight excluding hydrogens is 572 g/mol. The largest absolute Gasteiger partial charge is 0.481 e. The number of hydrogen-bond donors (Lipinski definition) is 1. The van der Waals surface area contributed by atoms with Crippen LogP contribution in [0.3, 0.4) is 0 Å². The van der Waals surface area contributed by atoms with E-state index in [1.807, 2.05) is 55.4 Å². The normalized spacial score (nSPS) is 11.1. The average molecular weight is 595 g/mol. The lowest BCUT2D eigenvalue weighted by molar-refractivity contribution is 0.301. The number of anilines is 1. The Balaban J connectivity index is 1.60. The van der Waals surface area contributed by atoms with E-state index in [0.29, 0.717) is 23.6 Å². The number of rotatable bonds is 7. The van der Waals surface area contributed by atoms with Crippen molar-refractivity contribution in [3.8, 4) is 17.3 Å². The van der Waals surface area contributed by atoms with Crippen LogP contribution in [0.1, 0.15) is 16.8 Å². The molecule has 182 valence electrons. The highest BCUT2D eigenvalue weighted by Gasteiger charge is 2.21. The van der Waals surface area contributed by atoms with Crippen LogP contribution in [-0.4, -0.2) is 33.4 Å². The predicted octanol–water partition coefficient (Wildman–Crippen LogP) is 5.06. The number of ether oxygens (including phenoxy) is 1. The van der Waals surface area contributed by atoms with Crippen LogP contribution in [0.2, 0.25) is 0 Å². The first-order valence-corrected chi connectivity index (χ1v) is 12.4. The predicted molar refractivity (Wildman–Crippen MR) is 146 cm³/mol. The maximum Gasteiger partial charge on any atom is 0.301 e. The maximum atomic E-state index is 13.7. The summed E-state index contributed by atoms with van der Waals surface area (Å²) in [6.45, 7) is 0.213. The van der Waals surface area contributed by atoms with Gasteiger partial charge in [-0.1, -0.05) is 42.5 Å². The van der Waals surface area contributed by atoms with Gasteiger partial charge in [0.05, 0.1) is 9.26 Å². The third-order valence-corrected chi connectivity index (χ3v) is 6.52. The van der Waals surface area contributed by atoms with E-state index in [9.17, 15) is 9.18 Å². The van der Waals surface area contributed by atoms with Gasteiger partial charge in [-0.2, -0.15) is 0 Å². The van der Waals surface area contributed by atoms with E-state index in [4.69, 9.17) is 9.72 Å². The molecule has 2 aromatic carbocycles. The molecule has 0 fully saturated rings. The molecule has 3 aromatic heterocycles. The molecule has 0 amide bonds. The summed E-state index contributed by atoms with van der Waals surface area (Å²) in [6, 6.07) is 17.9. The fourth-order valence-corrected chi connectivity index (χ4v) is 4.53. The molecule has 0 radical (unpaired) electrons. The second-order valence-corrected chi connectivity index (χ2v) is 9.73. The molecule has 0 atom stereocenters. The topological polar surface area (TPSA) is 75.5 Å². The second kappa shape index (κ2) is 10.1. The molecule has 9 heteroatoms. The summed E-state index contributed by atoms with van der Waals surface area (Å²) in [5.74, 6) is 0.269. The standard InChI is InChI=1S/C27H23FIN5O2/c1-33(2)21-13-22(29)26-32-23(25-30-14-20(31-25)12-17-8-10-19(28)11-9-17)24(27(35)34(26)15-21)36-16-18-6-4-3-5-7-18/h3-11,13-15H,12,16H2,1-2H3,(H,30,31). The van der Waals surface area contributed by atoms with Crippen LogP contribution in [-0.2, 0) is 13.0 Å². The molecule has 5 aromatic rings. The number of H-pyrrole nitrogens is 1. The van der Waals surface area contributed by atoms with Gasteiger partial charge in [0.15, 0.2) is 17.2 Å². The van der Waals surface area contributed by atoms with Gasteiger partial charge in [-0.15, -0.1) is 0 Å². The number of imidazole rings is 1. The van der Waals surface area contributed by atoms with Crippen molar-refractivity contribution in [2.75, 3.05) is 19.0 Å². The van der Waals surface area contributed by atoms with E-state index in [2.05, 4.69) is 32.6 Å². The number of nitrogens with zero attached hydrogens (tertiary/aromatic N) is 4. The molecule has 0 spiro atoms. The third kappa shape index (κ3) is 4.97. The molecule has 0 aliphatic rings. The van der Waals surface area contributed by atoms with Gasteiger partial charge in [0, 0.05) is 38.6 Å². The zero-order valence-electron chi connectivity index (χ0n) is 19.7. The molecule has 0 saturated heterocycles. The smallest absolute Gasteiger partial charge is 0.301 e. The number of nitrogens with one attached hydrogen (secondary N) is 1. The Hall–Kier alpha value is -3.73. The summed E-state index contributed by atoms with van der Waals surface area (Å²) >= 11 is 2.18. The van der Waals surface area contributed by atoms with E-state index in [1.165, 1.54) is 16.5 Å². The van der Waals surface area contributed by atoms with Crippen LogP contribution in [0, 0.1) is 9.39 Å². The third-order valence-electron chi connectivity index (χ3n) is 5.73. The maximum absolute atomic E-state index is 13.7. The van der Waals surface area contributed by atoms with E-state index >= 15 is 0 Å². The van der Waals surface area contributed by atoms with Crippen molar-refractivity contribution in [3.63, 3.8) is 0 Å². The van der Waals surface area contributed by atoms with Crippen LogP contribution < -0.4 is 15.2 Å². The van der Waals surface area contributed by atoms with Crippen molar-refractivity contribution in [1.82, 2.24) is 19.4 Å². The van der Waals surface area contributed by atoms with Crippen LogP contribution in [0.25, 0.3) is 17.2 Å². The first-order valence-electron chi connectivity index (χ1n) is 11.3. The Bertz CT molecular complexity index is 1580. The van der Waals surface area contributed by atoms with Crippen LogP contribution in [0.4, 0.5) is 10.1 Å². The molecule has 36 heavy (non-hydrogen) atoms. The number of halogens is 2. The Morgan fingerprint density at radius 1 is 1.08 bits per heavy atom. The van der Waals surface area contributed by atoms with Crippen LogP contribution in [0.5, 0.6) is 5.75 Å². The van der Waals surface area contributed by atoms with E-state index in [-0.39, 0.29) is 23.7 Å². The summed E-state index contributed by atoms with van der Waals surface area (Å²) in [7, 11) is 3.84.